The molecule has 2 heterocycles. The topological polar surface area (TPSA) is 93.2 Å². The van der Waals surface area contributed by atoms with Gasteiger partial charge in [0.1, 0.15) is 6.04 Å². The molecule has 0 spiro atoms. The minimum absolute atomic E-state index is 0.101. The van der Waals surface area contributed by atoms with E-state index >= 15 is 0 Å². The molecule has 2 N–H and O–H groups in total. The highest BCUT2D eigenvalue weighted by Crippen LogP contribution is 2.13. The smallest absolute Gasteiger partial charge is 0.272 e. The van der Waals surface area contributed by atoms with Crippen LogP contribution in [0, 0.1) is 5.92 Å². The van der Waals surface area contributed by atoms with E-state index in [9.17, 15) is 9.59 Å². The fraction of sp³-hybridized carbons (Fsp3) is 0.500. The van der Waals surface area contributed by atoms with E-state index in [0.29, 0.717) is 12.4 Å². The molecule has 102 valence electrons. The highest BCUT2D eigenvalue weighted by atomic mass is 16.5. The maximum absolute atomic E-state index is 12.0. The van der Waals surface area contributed by atoms with Gasteiger partial charge in [0.25, 0.3) is 5.91 Å². The molecule has 1 aromatic rings. The molecule has 1 aromatic heterocycles. The lowest BCUT2D eigenvalue weighted by atomic mass is 9.94. The average Bonchev–Trinajstić information content (AvgIpc) is 2.43. The molecule has 2 atom stereocenters. The summed E-state index contributed by atoms with van der Waals surface area (Å²) in [6.45, 7) is 2.58. The molecule has 0 radical (unpaired) electrons. The lowest BCUT2D eigenvalue weighted by Crippen LogP contribution is -2.54. The molecular weight excluding hydrogens is 248 g/mol. The summed E-state index contributed by atoms with van der Waals surface area (Å²) in [5.74, 6) is -0.137. The fourth-order valence-corrected chi connectivity index (χ4v) is 1.93. The van der Waals surface area contributed by atoms with Crippen LogP contribution in [0.1, 0.15) is 23.8 Å². The van der Waals surface area contributed by atoms with Crippen LogP contribution in [-0.4, -0.2) is 41.7 Å². The first-order chi connectivity index (χ1) is 9.11. The standard InChI is InChI=1S/C12H16N4O3/c1-7-5-6-13-12(18)10(7)14-11(17)8-3-4-9(19-2)16-15-8/h3-4,7,10H,5-6H2,1-2H3,(H,13,18)(H,14,17)/t7-,10-/m1/s1. The maximum atomic E-state index is 12.0. The van der Waals surface area contributed by atoms with Gasteiger partial charge >= 0.3 is 0 Å². The van der Waals surface area contributed by atoms with Crippen molar-refractivity contribution in [2.75, 3.05) is 13.7 Å². The van der Waals surface area contributed by atoms with Gasteiger partial charge in [-0.15, -0.1) is 10.2 Å². The normalized spacial score (nSPS) is 22.5. The van der Waals surface area contributed by atoms with Crippen molar-refractivity contribution in [1.82, 2.24) is 20.8 Å². The minimum Gasteiger partial charge on any atom is -0.480 e. The molecule has 7 nitrogen and oxygen atoms in total. The zero-order valence-corrected chi connectivity index (χ0v) is 10.8. The van der Waals surface area contributed by atoms with Gasteiger partial charge in [0, 0.05) is 12.6 Å². The third-order valence-corrected chi connectivity index (χ3v) is 3.12. The van der Waals surface area contributed by atoms with Crippen molar-refractivity contribution in [3.63, 3.8) is 0 Å². The van der Waals surface area contributed by atoms with Gasteiger partial charge in [-0.3, -0.25) is 9.59 Å². The van der Waals surface area contributed by atoms with Crippen molar-refractivity contribution in [2.45, 2.75) is 19.4 Å². The summed E-state index contributed by atoms with van der Waals surface area (Å²) in [5.41, 5.74) is 0.159. The Bertz CT molecular complexity index is 474. The molecule has 0 unspecified atom stereocenters. The van der Waals surface area contributed by atoms with Gasteiger partial charge < -0.3 is 15.4 Å². The van der Waals surface area contributed by atoms with Gasteiger partial charge in [-0.05, 0) is 18.4 Å². The Labute approximate surface area is 110 Å². The first kappa shape index (κ1) is 13.3. The van der Waals surface area contributed by atoms with Gasteiger partial charge in [-0.2, -0.15) is 0 Å². The number of carbonyl (C=O) groups is 2. The number of rotatable bonds is 3. The molecular formula is C12H16N4O3. The number of nitrogens with one attached hydrogen (secondary N) is 2. The maximum Gasteiger partial charge on any atom is 0.272 e. The fourth-order valence-electron chi connectivity index (χ4n) is 1.93. The van der Waals surface area contributed by atoms with E-state index in [1.165, 1.54) is 13.2 Å². The zero-order valence-electron chi connectivity index (χ0n) is 10.8. The Morgan fingerprint density at radius 2 is 2.26 bits per heavy atom. The summed E-state index contributed by atoms with van der Waals surface area (Å²) in [6, 6.07) is 2.53. The van der Waals surface area contributed by atoms with E-state index in [4.69, 9.17) is 4.74 Å². The van der Waals surface area contributed by atoms with E-state index < -0.39 is 11.9 Å². The van der Waals surface area contributed by atoms with E-state index in [1.807, 2.05) is 6.92 Å². The highest BCUT2D eigenvalue weighted by Gasteiger charge is 2.30. The van der Waals surface area contributed by atoms with Crippen molar-refractivity contribution >= 4 is 11.8 Å². The lowest BCUT2D eigenvalue weighted by molar-refractivity contribution is -0.125. The second-order valence-corrected chi connectivity index (χ2v) is 4.47. The van der Waals surface area contributed by atoms with Crippen molar-refractivity contribution < 1.29 is 14.3 Å². The summed E-state index contributed by atoms with van der Waals surface area (Å²) in [5, 5.41) is 12.9. The monoisotopic (exact) mass is 264 g/mol. The Balaban J connectivity index is 2.05. The quantitative estimate of drug-likeness (QED) is 0.784. The molecule has 0 bridgehead atoms. The molecule has 7 heteroatoms. The van der Waals surface area contributed by atoms with E-state index in [1.54, 1.807) is 6.07 Å². The Morgan fingerprint density at radius 3 is 2.84 bits per heavy atom. The summed E-state index contributed by atoms with van der Waals surface area (Å²) < 4.78 is 4.86. The second kappa shape index (κ2) is 5.64. The van der Waals surface area contributed by atoms with Crippen LogP contribution in [0.25, 0.3) is 0 Å². The van der Waals surface area contributed by atoms with Crippen LogP contribution in [0.4, 0.5) is 0 Å². The van der Waals surface area contributed by atoms with Crippen LogP contribution in [0.5, 0.6) is 5.88 Å². The van der Waals surface area contributed by atoms with Crippen LogP contribution in [0.15, 0.2) is 12.1 Å². The molecule has 2 amide bonds. The number of carbonyl (C=O) groups excluding carboxylic acids is 2. The van der Waals surface area contributed by atoms with Crippen LogP contribution in [0.2, 0.25) is 0 Å². The SMILES string of the molecule is COc1ccc(C(=O)N[C@H]2C(=O)NCC[C@H]2C)nn1. The van der Waals surface area contributed by atoms with Crippen LogP contribution < -0.4 is 15.4 Å². The van der Waals surface area contributed by atoms with Gasteiger partial charge in [-0.25, -0.2) is 0 Å². The summed E-state index contributed by atoms with van der Waals surface area (Å²) >= 11 is 0. The van der Waals surface area contributed by atoms with Crippen LogP contribution in [0.3, 0.4) is 0 Å². The molecule has 0 aromatic carbocycles. The Morgan fingerprint density at radius 1 is 1.47 bits per heavy atom. The molecule has 0 saturated carbocycles. The zero-order chi connectivity index (χ0) is 13.8. The molecule has 1 aliphatic heterocycles. The van der Waals surface area contributed by atoms with Crippen molar-refractivity contribution in [1.29, 1.82) is 0 Å². The predicted octanol–water partition coefficient (Wildman–Crippen LogP) is -0.260. The van der Waals surface area contributed by atoms with E-state index in [-0.39, 0.29) is 17.5 Å². The summed E-state index contributed by atoms with van der Waals surface area (Å²) in [7, 11) is 1.47. The second-order valence-electron chi connectivity index (χ2n) is 4.47. The number of amides is 2. The van der Waals surface area contributed by atoms with Crippen LogP contribution in [-0.2, 0) is 4.79 Å². The minimum atomic E-state index is -0.523. The predicted molar refractivity (Wildman–Crippen MR) is 66.6 cm³/mol. The highest BCUT2D eigenvalue weighted by molar-refractivity contribution is 5.96. The number of aromatic nitrogens is 2. The first-order valence-corrected chi connectivity index (χ1v) is 6.08. The van der Waals surface area contributed by atoms with Crippen molar-refractivity contribution in [3.05, 3.63) is 17.8 Å². The average molecular weight is 264 g/mol. The molecule has 1 saturated heterocycles. The van der Waals surface area contributed by atoms with Gasteiger partial charge in [-0.1, -0.05) is 6.92 Å². The Kier molecular flexibility index (Phi) is 3.94. The number of piperidine rings is 1. The summed E-state index contributed by atoms with van der Waals surface area (Å²) in [6.07, 6.45) is 0.838. The van der Waals surface area contributed by atoms with Crippen molar-refractivity contribution in [2.24, 2.45) is 5.92 Å². The third-order valence-electron chi connectivity index (χ3n) is 3.12. The third kappa shape index (κ3) is 2.98. The van der Waals surface area contributed by atoms with Gasteiger partial charge in [0.05, 0.1) is 7.11 Å². The largest absolute Gasteiger partial charge is 0.480 e. The molecule has 1 aliphatic rings. The van der Waals surface area contributed by atoms with E-state index in [0.717, 1.165) is 6.42 Å². The number of ether oxygens (including phenoxy) is 1. The number of methoxy groups -OCH3 is 1. The molecule has 1 fully saturated rings. The number of hydrogen-bond acceptors (Lipinski definition) is 5. The Hall–Kier alpha value is -2.18. The van der Waals surface area contributed by atoms with Gasteiger partial charge in [0.15, 0.2) is 5.69 Å². The number of hydrogen-bond donors (Lipinski definition) is 2. The molecule has 2 rings (SSSR count). The first-order valence-electron chi connectivity index (χ1n) is 6.08. The number of nitrogens with zero attached hydrogens (tertiary/aromatic N) is 2. The molecule has 0 aliphatic carbocycles. The van der Waals surface area contributed by atoms with Gasteiger partial charge in [0.2, 0.25) is 11.8 Å². The summed E-state index contributed by atoms with van der Waals surface area (Å²) in [4.78, 5) is 23.7. The van der Waals surface area contributed by atoms with E-state index in [2.05, 4.69) is 20.8 Å². The lowest BCUT2D eigenvalue weighted by Gasteiger charge is -2.28. The van der Waals surface area contributed by atoms with Crippen LogP contribution >= 0.6 is 0 Å². The van der Waals surface area contributed by atoms with Crippen molar-refractivity contribution in [3.8, 4) is 5.88 Å². The molecule has 19 heavy (non-hydrogen) atoms.